The molecule has 0 spiro atoms. The van der Waals surface area contributed by atoms with Gasteiger partial charge in [-0.3, -0.25) is 4.79 Å². The Morgan fingerprint density at radius 1 is 1.20 bits per heavy atom. The lowest BCUT2D eigenvalue weighted by molar-refractivity contribution is -0.126. The maximum Gasteiger partial charge on any atom is 0.223 e. The molecule has 1 heterocycles. The Balaban J connectivity index is 1.75. The summed E-state index contributed by atoms with van der Waals surface area (Å²) in [6.45, 7) is 0. The molecule has 1 unspecified atom stereocenters. The van der Waals surface area contributed by atoms with Crippen LogP contribution in [0.1, 0.15) is 32.1 Å². The number of carbonyl (C=O) groups is 1. The molecule has 1 aliphatic carbocycles. The van der Waals surface area contributed by atoms with E-state index in [1.165, 1.54) is 5.75 Å². The highest BCUT2D eigenvalue weighted by atomic mass is 32.2. The first kappa shape index (κ1) is 11.3. The molecule has 3 nitrogen and oxygen atoms in total. The lowest BCUT2D eigenvalue weighted by Gasteiger charge is -2.26. The summed E-state index contributed by atoms with van der Waals surface area (Å²) in [5.74, 6) is 2.79. The molecule has 0 radical (unpaired) electrons. The number of hydrogen-bond acceptors (Lipinski definition) is 3. The Hall–Kier alpha value is -0.220. The Morgan fingerprint density at radius 2 is 1.93 bits per heavy atom. The first-order valence-corrected chi connectivity index (χ1v) is 7.05. The molecule has 4 heteroatoms. The van der Waals surface area contributed by atoms with Crippen molar-refractivity contribution >= 4 is 17.7 Å². The third kappa shape index (κ3) is 3.11. The first-order valence-electron chi connectivity index (χ1n) is 5.89. The molecule has 86 valence electrons. The third-order valence-electron chi connectivity index (χ3n) is 3.42. The second kappa shape index (κ2) is 5.21. The van der Waals surface area contributed by atoms with Crippen molar-refractivity contribution in [2.24, 2.45) is 11.7 Å². The molecular formula is C11H20N2OS. The second-order valence-corrected chi connectivity index (χ2v) is 5.83. The van der Waals surface area contributed by atoms with Crippen LogP contribution in [0.5, 0.6) is 0 Å². The van der Waals surface area contributed by atoms with E-state index in [1.807, 2.05) is 11.8 Å². The normalized spacial score (nSPS) is 36.5. The van der Waals surface area contributed by atoms with Gasteiger partial charge in [-0.2, -0.15) is 11.8 Å². The van der Waals surface area contributed by atoms with Gasteiger partial charge in [0.25, 0.3) is 0 Å². The predicted octanol–water partition coefficient (Wildman–Crippen LogP) is 1.13. The molecule has 1 aliphatic heterocycles. The van der Waals surface area contributed by atoms with E-state index in [-0.39, 0.29) is 11.8 Å². The smallest absolute Gasteiger partial charge is 0.223 e. The summed E-state index contributed by atoms with van der Waals surface area (Å²) in [6, 6.07) is 0.759. The first-order chi connectivity index (χ1) is 7.25. The summed E-state index contributed by atoms with van der Waals surface area (Å²) in [4.78, 5) is 11.9. The topological polar surface area (TPSA) is 55.1 Å². The minimum Gasteiger partial charge on any atom is -0.352 e. The fourth-order valence-corrected chi connectivity index (χ4v) is 3.50. The van der Waals surface area contributed by atoms with Crippen LogP contribution >= 0.6 is 11.8 Å². The van der Waals surface area contributed by atoms with Gasteiger partial charge in [-0.1, -0.05) is 0 Å². The molecule has 0 aromatic rings. The molecule has 2 fully saturated rings. The van der Waals surface area contributed by atoms with Crippen LogP contribution in [-0.4, -0.2) is 29.5 Å². The Morgan fingerprint density at radius 3 is 2.53 bits per heavy atom. The lowest BCUT2D eigenvalue weighted by atomic mass is 9.86. The number of nitrogens with one attached hydrogen (secondary N) is 1. The van der Waals surface area contributed by atoms with Crippen molar-refractivity contribution in [1.82, 2.24) is 5.32 Å². The van der Waals surface area contributed by atoms with Gasteiger partial charge >= 0.3 is 0 Å². The Labute approximate surface area is 95.6 Å². The van der Waals surface area contributed by atoms with Gasteiger partial charge in [0.05, 0.1) is 0 Å². The van der Waals surface area contributed by atoms with Crippen LogP contribution in [0.4, 0.5) is 0 Å². The van der Waals surface area contributed by atoms with Crippen molar-refractivity contribution < 1.29 is 4.79 Å². The fourth-order valence-electron chi connectivity index (χ4n) is 2.35. The molecule has 2 aliphatic rings. The Kier molecular flexibility index (Phi) is 3.92. The number of rotatable bonds is 2. The molecule has 15 heavy (non-hydrogen) atoms. The van der Waals surface area contributed by atoms with Gasteiger partial charge in [-0.25, -0.2) is 0 Å². The zero-order chi connectivity index (χ0) is 10.7. The third-order valence-corrected chi connectivity index (χ3v) is 4.58. The second-order valence-electron chi connectivity index (χ2n) is 4.68. The average molecular weight is 228 g/mol. The van der Waals surface area contributed by atoms with Gasteiger partial charge in [-0.15, -0.1) is 0 Å². The van der Waals surface area contributed by atoms with Crippen molar-refractivity contribution in [3.63, 3.8) is 0 Å². The van der Waals surface area contributed by atoms with Gasteiger partial charge in [-0.05, 0) is 37.9 Å². The van der Waals surface area contributed by atoms with Crippen LogP contribution in [0, 0.1) is 5.92 Å². The van der Waals surface area contributed by atoms with Crippen LogP contribution in [0.15, 0.2) is 0 Å². The van der Waals surface area contributed by atoms with E-state index in [0.717, 1.165) is 37.9 Å². The number of thioether (sulfide) groups is 1. The number of hydrogen-bond donors (Lipinski definition) is 2. The number of nitrogens with two attached hydrogens (primary N) is 1. The van der Waals surface area contributed by atoms with E-state index in [0.29, 0.717) is 12.1 Å². The minimum atomic E-state index is 0.232. The van der Waals surface area contributed by atoms with Crippen LogP contribution in [0.2, 0.25) is 0 Å². The summed E-state index contributed by atoms with van der Waals surface area (Å²) >= 11 is 1.94. The SMILES string of the molecule is NC1CCC(C(=O)NC2CCSC2)CC1. The number of carbonyl (C=O) groups excluding carboxylic acids is 1. The van der Waals surface area contributed by atoms with E-state index in [4.69, 9.17) is 5.73 Å². The standard InChI is InChI=1S/C11H20N2OS/c12-9-3-1-8(2-4-9)11(14)13-10-5-6-15-7-10/h8-10H,1-7,12H2,(H,13,14). The van der Waals surface area contributed by atoms with Gasteiger partial charge in [0, 0.05) is 23.8 Å². The summed E-state index contributed by atoms with van der Waals surface area (Å²) in [6.07, 6.45) is 5.12. The van der Waals surface area contributed by atoms with Crippen molar-refractivity contribution in [1.29, 1.82) is 0 Å². The minimum absolute atomic E-state index is 0.232. The maximum atomic E-state index is 11.9. The highest BCUT2D eigenvalue weighted by molar-refractivity contribution is 7.99. The molecule has 0 bridgehead atoms. The lowest BCUT2D eigenvalue weighted by Crippen LogP contribution is -2.41. The summed E-state index contributed by atoms with van der Waals surface area (Å²) in [5.41, 5.74) is 5.83. The van der Waals surface area contributed by atoms with E-state index in [2.05, 4.69) is 5.32 Å². The summed E-state index contributed by atoms with van der Waals surface area (Å²) in [5, 5.41) is 3.16. The van der Waals surface area contributed by atoms with Crippen molar-refractivity contribution in [3.05, 3.63) is 0 Å². The maximum absolute atomic E-state index is 11.9. The van der Waals surface area contributed by atoms with Gasteiger partial charge in [0.1, 0.15) is 0 Å². The molecule has 1 saturated heterocycles. The molecule has 1 atom stereocenters. The van der Waals surface area contributed by atoms with E-state index in [9.17, 15) is 4.79 Å². The molecule has 2 rings (SSSR count). The summed E-state index contributed by atoms with van der Waals surface area (Å²) in [7, 11) is 0. The van der Waals surface area contributed by atoms with E-state index >= 15 is 0 Å². The van der Waals surface area contributed by atoms with Gasteiger partial charge in [0.2, 0.25) is 5.91 Å². The quantitative estimate of drug-likeness (QED) is 0.745. The predicted molar refractivity (Wildman–Crippen MR) is 63.8 cm³/mol. The highest BCUT2D eigenvalue weighted by Gasteiger charge is 2.26. The zero-order valence-corrected chi connectivity index (χ0v) is 9.89. The van der Waals surface area contributed by atoms with Crippen LogP contribution < -0.4 is 11.1 Å². The molecule has 1 amide bonds. The largest absolute Gasteiger partial charge is 0.352 e. The highest BCUT2D eigenvalue weighted by Crippen LogP contribution is 2.24. The molecule has 0 aromatic carbocycles. The Bertz CT molecular complexity index is 221. The van der Waals surface area contributed by atoms with Crippen molar-refractivity contribution in [2.45, 2.75) is 44.2 Å². The zero-order valence-electron chi connectivity index (χ0n) is 9.08. The molecule has 1 saturated carbocycles. The number of amides is 1. The fraction of sp³-hybridized carbons (Fsp3) is 0.909. The van der Waals surface area contributed by atoms with Crippen molar-refractivity contribution in [2.75, 3.05) is 11.5 Å². The summed E-state index contributed by atoms with van der Waals surface area (Å²) < 4.78 is 0. The van der Waals surface area contributed by atoms with Crippen LogP contribution in [-0.2, 0) is 4.79 Å². The average Bonchev–Trinajstić information content (AvgIpc) is 2.71. The molecular weight excluding hydrogens is 208 g/mol. The molecule has 3 N–H and O–H groups in total. The van der Waals surface area contributed by atoms with Gasteiger partial charge < -0.3 is 11.1 Å². The van der Waals surface area contributed by atoms with Gasteiger partial charge in [0.15, 0.2) is 0 Å². The monoisotopic (exact) mass is 228 g/mol. The van der Waals surface area contributed by atoms with E-state index in [1.54, 1.807) is 0 Å². The van der Waals surface area contributed by atoms with E-state index < -0.39 is 0 Å². The molecule has 0 aromatic heterocycles. The van der Waals surface area contributed by atoms with Crippen LogP contribution in [0.25, 0.3) is 0 Å². The van der Waals surface area contributed by atoms with Crippen LogP contribution in [0.3, 0.4) is 0 Å². The van der Waals surface area contributed by atoms with Crippen molar-refractivity contribution in [3.8, 4) is 0 Å².